The molecule has 4 nitrogen and oxygen atoms in total. The summed E-state index contributed by atoms with van der Waals surface area (Å²) in [5.41, 5.74) is -0.272. The fraction of sp³-hybridized carbons (Fsp3) is 0.857. The number of hydrogen-bond donors (Lipinski definition) is 1. The summed E-state index contributed by atoms with van der Waals surface area (Å²) in [5.74, 6) is 0.115. The molecule has 0 saturated carbocycles. The van der Waals surface area contributed by atoms with E-state index in [0.717, 1.165) is 19.6 Å². The van der Waals surface area contributed by atoms with Crippen LogP contribution in [0, 0.1) is 0 Å². The predicted octanol–water partition coefficient (Wildman–Crippen LogP) is -0.835. The maximum Gasteiger partial charge on any atom is 0.221 e. The summed E-state index contributed by atoms with van der Waals surface area (Å²) in [6, 6.07) is 0. The van der Waals surface area contributed by atoms with E-state index in [9.17, 15) is 4.79 Å². The van der Waals surface area contributed by atoms with Crippen molar-refractivity contribution in [3.05, 3.63) is 0 Å². The lowest BCUT2D eigenvalue weighted by Crippen LogP contribution is -2.68. The number of nitrogens with zero attached hydrogens (tertiary/aromatic N) is 1. The van der Waals surface area contributed by atoms with Gasteiger partial charge in [-0.15, -0.1) is 0 Å². The van der Waals surface area contributed by atoms with Gasteiger partial charge in [0.25, 0.3) is 0 Å². The minimum atomic E-state index is -0.272. The van der Waals surface area contributed by atoms with E-state index in [0.29, 0.717) is 6.61 Å². The third kappa shape index (κ3) is 0.862. The molecule has 4 heteroatoms. The smallest absolute Gasteiger partial charge is 0.221 e. The van der Waals surface area contributed by atoms with Gasteiger partial charge in [-0.3, -0.25) is 4.79 Å². The number of ether oxygens (including phenoxy) is 1. The Balaban J connectivity index is 2.13. The third-order valence-corrected chi connectivity index (χ3v) is 2.36. The molecule has 0 aliphatic carbocycles. The molecule has 0 bridgehead atoms. The van der Waals surface area contributed by atoms with E-state index in [1.807, 2.05) is 4.90 Å². The number of amides is 1. The molecular formula is C7H12N2O2. The fourth-order valence-electron chi connectivity index (χ4n) is 1.68. The summed E-state index contributed by atoms with van der Waals surface area (Å²) >= 11 is 0. The first-order chi connectivity index (χ1) is 5.25. The van der Waals surface area contributed by atoms with Crippen molar-refractivity contribution in [1.29, 1.82) is 0 Å². The summed E-state index contributed by atoms with van der Waals surface area (Å²) in [7, 11) is 0. The Morgan fingerprint density at radius 1 is 1.64 bits per heavy atom. The zero-order valence-electron chi connectivity index (χ0n) is 6.59. The van der Waals surface area contributed by atoms with E-state index in [4.69, 9.17) is 4.74 Å². The topological polar surface area (TPSA) is 41.6 Å². The first-order valence-corrected chi connectivity index (χ1v) is 3.87. The van der Waals surface area contributed by atoms with Gasteiger partial charge in [0.1, 0.15) is 0 Å². The highest BCUT2D eigenvalue weighted by atomic mass is 16.5. The second kappa shape index (κ2) is 2.19. The summed E-state index contributed by atoms with van der Waals surface area (Å²) in [4.78, 5) is 12.9. The van der Waals surface area contributed by atoms with Crippen LogP contribution in [0.3, 0.4) is 0 Å². The minimum absolute atomic E-state index is 0.115. The fourth-order valence-corrected chi connectivity index (χ4v) is 1.68. The van der Waals surface area contributed by atoms with Gasteiger partial charge in [-0.25, -0.2) is 0 Å². The monoisotopic (exact) mass is 156 g/mol. The van der Waals surface area contributed by atoms with Crippen LogP contribution < -0.4 is 5.32 Å². The van der Waals surface area contributed by atoms with Crippen LogP contribution in [0.5, 0.6) is 0 Å². The molecule has 1 spiro atoms. The molecule has 2 fully saturated rings. The average Bonchev–Trinajstić information content (AvgIpc) is 2.27. The zero-order chi connectivity index (χ0) is 7.90. The molecule has 0 aromatic carbocycles. The quantitative estimate of drug-likeness (QED) is 0.497. The van der Waals surface area contributed by atoms with Gasteiger partial charge in [-0.1, -0.05) is 0 Å². The molecule has 1 N–H and O–H groups in total. The maximum absolute atomic E-state index is 11.1. The van der Waals surface area contributed by atoms with Crippen molar-refractivity contribution in [2.24, 2.45) is 0 Å². The van der Waals surface area contributed by atoms with E-state index in [1.165, 1.54) is 0 Å². The van der Waals surface area contributed by atoms with E-state index in [2.05, 4.69) is 5.32 Å². The van der Waals surface area contributed by atoms with Crippen LogP contribution >= 0.6 is 0 Å². The van der Waals surface area contributed by atoms with Gasteiger partial charge in [-0.05, 0) is 0 Å². The molecule has 0 radical (unpaired) electrons. The molecule has 2 aliphatic heterocycles. The number of carbonyl (C=O) groups is 1. The summed E-state index contributed by atoms with van der Waals surface area (Å²) in [5, 5.41) is 3.11. The third-order valence-electron chi connectivity index (χ3n) is 2.36. The summed E-state index contributed by atoms with van der Waals surface area (Å²) in [6.45, 7) is 4.59. The lowest BCUT2D eigenvalue weighted by Gasteiger charge is -2.44. The molecular weight excluding hydrogens is 144 g/mol. The number of carbonyl (C=O) groups excluding carboxylic acids is 1. The van der Waals surface area contributed by atoms with Gasteiger partial charge in [0, 0.05) is 26.6 Å². The van der Waals surface area contributed by atoms with E-state index in [-0.39, 0.29) is 11.6 Å². The lowest BCUT2D eigenvalue weighted by molar-refractivity contribution is -0.156. The minimum Gasteiger partial charge on any atom is -0.351 e. The van der Waals surface area contributed by atoms with Crippen molar-refractivity contribution in [3.8, 4) is 0 Å². The van der Waals surface area contributed by atoms with Crippen molar-refractivity contribution in [3.63, 3.8) is 0 Å². The molecule has 0 unspecified atom stereocenters. The Labute approximate surface area is 65.5 Å². The largest absolute Gasteiger partial charge is 0.351 e. The summed E-state index contributed by atoms with van der Waals surface area (Å²) in [6.07, 6.45) is 0. The maximum atomic E-state index is 11.1. The van der Waals surface area contributed by atoms with Crippen molar-refractivity contribution in [1.82, 2.24) is 10.2 Å². The van der Waals surface area contributed by atoms with Crippen LogP contribution in [-0.2, 0) is 9.53 Å². The van der Waals surface area contributed by atoms with Gasteiger partial charge in [-0.2, -0.15) is 0 Å². The van der Waals surface area contributed by atoms with Crippen LogP contribution in [-0.4, -0.2) is 42.8 Å². The Hall–Kier alpha value is -0.610. The molecule has 0 atom stereocenters. The van der Waals surface area contributed by atoms with Crippen molar-refractivity contribution in [2.75, 3.05) is 26.2 Å². The zero-order valence-corrected chi connectivity index (χ0v) is 6.59. The highest BCUT2D eigenvalue weighted by Gasteiger charge is 2.48. The number of hydrogen-bond acceptors (Lipinski definition) is 3. The van der Waals surface area contributed by atoms with Crippen molar-refractivity contribution < 1.29 is 9.53 Å². The highest BCUT2D eigenvalue weighted by Crippen LogP contribution is 2.26. The highest BCUT2D eigenvalue weighted by molar-refractivity contribution is 5.74. The van der Waals surface area contributed by atoms with Crippen LogP contribution in [0.4, 0.5) is 0 Å². The van der Waals surface area contributed by atoms with Crippen LogP contribution in [0.25, 0.3) is 0 Å². The number of rotatable bonds is 0. The molecule has 0 aromatic heterocycles. The van der Waals surface area contributed by atoms with E-state index in [1.54, 1.807) is 6.92 Å². The Morgan fingerprint density at radius 2 is 2.36 bits per heavy atom. The normalized spacial score (nSPS) is 27.2. The Bertz CT molecular complexity index is 189. The standard InChI is InChI=1S/C7H12N2O2/c1-6(10)9-2-3-11-7(9)4-8-5-7/h8H,2-5H2,1H3. The molecule has 2 saturated heterocycles. The molecule has 2 rings (SSSR count). The first-order valence-electron chi connectivity index (χ1n) is 3.87. The van der Waals surface area contributed by atoms with Crippen LogP contribution in [0.2, 0.25) is 0 Å². The van der Waals surface area contributed by atoms with E-state index < -0.39 is 0 Å². The predicted molar refractivity (Wildman–Crippen MR) is 38.9 cm³/mol. The SMILES string of the molecule is CC(=O)N1CCOC12CNC2. The van der Waals surface area contributed by atoms with Gasteiger partial charge < -0.3 is 15.0 Å². The van der Waals surface area contributed by atoms with Crippen LogP contribution in [0.1, 0.15) is 6.92 Å². The molecule has 2 aliphatic rings. The first kappa shape index (κ1) is 7.06. The second-order valence-corrected chi connectivity index (χ2v) is 3.07. The molecule has 0 aromatic rings. The number of nitrogens with one attached hydrogen (secondary N) is 1. The molecule has 62 valence electrons. The molecule has 11 heavy (non-hydrogen) atoms. The van der Waals surface area contributed by atoms with Crippen molar-refractivity contribution >= 4 is 5.91 Å². The second-order valence-electron chi connectivity index (χ2n) is 3.07. The molecule has 1 amide bonds. The van der Waals surface area contributed by atoms with Crippen LogP contribution in [0.15, 0.2) is 0 Å². The van der Waals surface area contributed by atoms with E-state index >= 15 is 0 Å². The Morgan fingerprint density at radius 3 is 2.73 bits per heavy atom. The Kier molecular flexibility index (Phi) is 1.40. The average molecular weight is 156 g/mol. The van der Waals surface area contributed by atoms with Gasteiger partial charge >= 0.3 is 0 Å². The van der Waals surface area contributed by atoms with Crippen molar-refractivity contribution in [2.45, 2.75) is 12.6 Å². The van der Waals surface area contributed by atoms with Gasteiger partial charge in [0.05, 0.1) is 6.61 Å². The lowest BCUT2D eigenvalue weighted by atomic mass is 10.1. The molecule has 2 heterocycles. The summed E-state index contributed by atoms with van der Waals surface area (Å²) < 4.78 is 5.49. The van der Waals surface area contributed by atoms with Gasteiger partial charge in [0.2, 0.25) is 5.91 Å². The van der Waals surface area contributed by atoms with Gasteiger partial charge in [0.15, 0.2) is 5.72 Å².